The Morgan fingerprint density at radius 3 is 2.73 bits per heavy atom. The number of nitrogens with one attached hydrogen (secondary N) is 1. The van der Waals surface area contributed by atoms with Crippen LogP contribution in [0.15, 0.2) is 18.2 Å². The molecule has 0 aliphatic heterocycles. The monoisotopic (exact) mass is 213 g/mol. The van der Waals surface area contributed by atoms with Crippen molar-refractivity contribution >= 4 is 11.6 Å². The van der Waals surface area contributed by atoms with E-state index in [1.165, 1.54) is 6.07 Å². The van der Waals surface area contributed by atoms with E-state index in [1.807, 2.05) is 6.92 Å². The molecule has 0 spiro atoms. The van der Waals surface area contributed by atoms with Crippen LogP contribution >= 0.6 is 0 Å². The number of carbonyl (C=O) groups is 1. The topological polar surface area (TPSA) is 29.1 Å². The minimum atomic E-state index is -0.750. The lowest BCUT2D eigenvalue weighted by Gasteiger charge is -2.05. The van der Waals surface area contributed by atoms with Gasteiger partial charge in [-0.3, -0.25) is 4.79 Å². The Hall–Kier alpha value is -1.45. The van der Waals surface area contributed by atoms with E-state index in [4.69, 9.17) is 0 Å². The van der Waals surface area contributed by atoms with E-state index in [9.17, 15) is 13.6 Å². The first-order valence-electron chi connectivity index (χ1n) is 4.88. The van der Waals surface area contributed by atoms with E-state index >= 15 is 0 Å². The van der Waals surface area contributed by atoms with Crippen molar-refractivity contribution in [2.75, 3.05) is 5.32 Å². The molecular formula is C11H13F2NO. The van der Waals surface area contributed by atoms with Crippen LogP contribution in [0.25, 0.3) is 0 Å². The van der Waals surface area contributed by atoms with Crippen LogP contribution in [-0.2, 0) is 4.79 Å². The summed E-state index contributed by atoms with van der Waals surface area (Å²) in [5, 5.41) is 2.39. The molecule has 0 saturated heterocycles. The summed E-state index contributed by atoms with van der Waals surface area (Å²) in [7, 11) is 0. The number of carbonyl (C=O) groups excluding carboxylic acids is 1. The van der Waals surface area contributed by atoms with Crippen LogP contribution in [0.5, 0.6) is 0 Å². The van der Waals surface area contributed by atoms with Crippen molar-refractivity contribution < 1.29 is 13.6 Å². The molecule has 0 aromatic heterocycles. The van der Waals surface area contributed by atoms with Crippen molar-refractivity contribution in [3.8, 4) is 0 Å². The highest BCUT2D eigenvalue weighted by molar-refractivity contribution is 5.90. The lowest BCUT2D eigenvalue weighted by atomic mass is 10.2. The third kappa shape index (κ3) is 3.65. The molecule has 0 heterocycles. The molecule has 2 nitrogen and oxygen atoms in total. The number of halogens is 2. The van der Waals surface area contributed by atoms with Crippen LogP contribution in [0, 0.1) is 11.6 Å². The summed E-state index contributed by atoms with van der Waals surface area (Å²) in [4.78, 5) is 11.2. The summed E-state index contributed by atoms with van der Waals surface area (Å²) in [5.41, 5.74) is 0.0255. The lowest BCUT2D eigenvalue weighted by Crippen LogP contribution is -2.12. The number of hydrogen-bond donors (Lipinski definition) is 1. The maximum absolute atomic E-state index is 13.1. The first-order chi connectivity index (χ1) is 7.13. The van der Waals surface area contributed by atoms with Gasteiger partial charge in [0.2, 0.25) is 5.91 Å². The molecule has 1 N–H and O–H groups in total. The smallest absolute Gasteiger partial charge is 0.224 e. The molecule has 1 aromatic rings. The second kappa shape index (κ2) is 5.44. The Labute approximate surface area is 87.3 Å². The summed E-state index contributed by atoms with van der Waals surface area (Å²) in [6, 6.07) is 3.07. The zero-order valence-corrected chi connectivity index (χ0v) is 8.52. The van der Waals surface area contributed by atoms with E-state index < -0.39 is 11.6 Å². The van der Waals surface area contributed by atoms with Gasteiger partial charge in [-0.25, -0.2) is 8.78 Å². The van der Waals surface area contributed by atoms with E-state index in [0.717, 1.165) is 25.0 Å². The van der Waals surface area contributed by atoms with Crippen LogP contribution in [0.3, 0.4) is 0 Å². The molecule has 1 rings (SSSR count). The fourth-order valence-electron chi connectivity index (χ4n) is 1.14. The van der Waals surface area contributed by atoms with Crippen molar-refractivity contribution in [1.82, 2.24) is 0 Å². The summed E-state index contributed by atoms with van der Waals surface area (Å²) in [6.07, 6.45) is 2.02. The Kier molecular flexibility index (Phi) is 4.21. The van der Waals surface area contributed by atoms with Crippen molar-refractivity contribution in [3.63, 3.8) is 0 Å². The minimum Gasteiger partial charge on any atom is -0.324 e. The Morgan fingerprint density at radius 2 is 2.13 bits per heavy atom. The zero-order valence-electron chi connectivity index (χ0n) is 8.52. The van der Waals surface area contributed by atoms with Gasteiger partial charge in [0.25, 0.3) is 0 Å². The van der Waals surface area contributed by atoms with Crippen molar-refractivity contribution in [2.45, 2.75) is 26.2 Å². The normalized spacial score (nSPS) is 10.1. The fourth-order valence-corrected chi connectivity index (χ4v) is 1.14. The number of rotatable bonds is 4. The lowest BCUT2D eigenvalue weighted by molar-refractivity contribution is -0.116. The van der Waals surface area contributed by atoms with Gasteiger partial charge in [-0.05, 0) is 18.6 Å². The second-order valence-electron chi connectivity index (χ2n) is 3.28. The molecule has 82 valence electrons. The second-order valence-corrected chi connectivity index (χ2v) is 3.28. The van der Waals surface area contributed by atoms with Gasteiger partial charge >= 0.3 is 0 Å². The fraction of sp³-hybridized carbons (Fsp3) is 0.364. The Balaban J connectivity index is 2.60. The summed E-state index contributed by atoms with van der Waals surface area (Å²) in [5.74, 6) is -1.65. The van der Waals surface area contributed by atoms with Crippen LogP contribution in [0.2, 0.25) is 0 Å². The molecule has 0 saturated carbocycles. The first kappa shape index (κ1) is 11.6. The maximum atomic E-state index is 13.1. The van der Waals surface area contributed by atoms with E-state index in [1.54, 1.807) is 0 Å². The molecule has 0 fully saturated rings. The SMILES string of the molecule is CCCCC(=O)Nc1ccc(F)cc1F. The highest BCUT2D eigenvalue weighted by Gasteiger charge is 2.06. The van der Waals surface area contributed by atoms with Crippen LogP contribution in [-0.4, -0.2) is 5.91 Å². The number of hydrogen-bond acceptors (Lipinski definition) is 1. The molecular weight excluding hydrogens is 200 g/mol. The molecule has 15 heavy (non-hydrogen) atoms. The van der Waals surface area contributed by atoms with Crippen molar-refractivity contribution in [2.24, 2.45) is 0 Å². The van der Waals surface area contributed by atoms with Gasteiger partial charge in [-0.2, -0.15) is 0 Å². The van der Waals surface area contributed by atoms with Gasteiger partial charge in [0.05, 0.1) is 5.69 Å². The Morgan fingerprint density at radius 1 is 1.40 bits per heavy atom. The molecule has 0 aliphatic carbocycles. The highest BCUT2D eigenvalue weighted by atomic mass is 19.1. The predicted molar refractivity (Wildman–Crippen MR) is 54.5 cm³/mol. The van der Waals surface area contributed by atoms with Gasteiger partial charge < -0.3 is 5.32 Å². The standard InChI is InChI=1S/C11H13F2NO/c1-2-3-4-11(15)14-10-6-5-8(12)7-9(10)13/h5-7H,2-4H2,1H3,(H,14,15). The van der Waals surface area contributed by atoms with E-state index in [-0.39, 0.29) is 11.6 Å². The summed E-state index contributed by atoms with van der Waals surface area (Å²) in [6.45, 7) is 1.96. The van der Waals surface area contributed by atoms with Gasteiger partial charge in [0.15, 0.2) is 0 Å². The molecule has 0 unspecified atom stereocenters. The van der Waals surface area contributed by atoms with Crippen LogP contribution < -0.4 is 5.32 Å². The van der Waals surface area contributed by atoms with Crippen LogP contribution in [0.4, 0.5) is 14.5 Å². The average Bonchev–Trinajstić information content (AvgIpc) is 2.19. The van der Waals surface area contributed by atoms with E-state index in [0.29, 0.717) is 6.42 Å². The molecule has 0 atom stereocenters. The minimum absolute atomic E-state index is 0.0255. The number of unbranched alkanes of at least 4 members (excludes halogenated alkanes) is 1. The quantitative estimate of drug-likeness (QED) is 0.818. The largest absolute Gasteiger partial charge is 0.324 e. The van der Waals surface area contributed by atoms with Crippen LogP contribution in [0.1, 0.15) is 26.2 Å². The third-order valence-electron chi connectivity index (χ3n) is 1.96. The zero-order chi connectivity index (χ0) is 11.3. The summed E-state index contributed by atoms with van der Waals surface area (Å²) < 4.78 is 25.6. The first-order valence-corrected chi connectivity index (χ1v) is 4.88. The predicted octanol–water partition coefficient (Wildman–Crippen LogP) is 3.09. The number of anilines is 1. The number of amides is 1. The highest BCUT2D eigenvalue weighted by Crippen LogP contribution is 2.15. The molecule has 0 radical (unpaired) electrons. The van der Waals surface area contributed by atoms with Crippen molar-refractivity contribution in [1.29, 1.82) is 0 Å². The maximum Gasteiger partial charge on any atom is 0.224 e. The summed E-state index contributed by atoms with van der Waals surface area (Å²) >= 11 is 0. The molecule has 1 aromatic carbocycles. The van der Waals surface area contributed by atoms with Crippen molar-refractivity contribution in [3.05, 3.63) is 29.8 Å². The van der Waals surface area contributed by atoms with Gasteiger partial charge in [-0.15, -0.1) is 0 Å². The number of benzene rings is 1. The Bertz CT molecular complexity index is 352. The molecule has 4 heteroatoms. The third-order valence-corrected chi connectivity index (χ3v) is 1.96. The van der Waals surface area contributed by atoms with Gasteiger partial charge in [-0.1, -0.05) is 13.3 Å². The molecule has 0 aliphatic rings. The van der Waals surface area contributed by atoms with Gasteiger partial charge in [0, 0.05) is 12.5 Å². The molecule has 0 bridgehead atoms. The van der Waals surface area contributed by atoms with E-state index in [2.05, 4.69) is 5.32 Å². The molecule has 1 amide bonds. The average molecular weight is 213 g/mol. The van der Waals surface area contributed by atoms with Gasteiger partial charge in [0.1, 0.15) is 11.6 Å².